The van der Waals surface area contributed by atoms with Crippen molar-refractivity contribution in [1.82, 2.24) is 5.32 Å². The molecule has 88 valence electrons. The Morgan fingerprint density at radius 1 is 1.50 bits per heavy atom. The van der Waals surface area contributed by atoms with Crippen LogP contribution in [0.5, 0.6) is 5.75 Å². The zero-order chi connectivity index (χ0) is 11.5. The van der Waals surface area contributed by atoms with Crippen molar-refractivity contribution >= 4 is 11.8 Å². The number of thioether (sulfide) groups is 1. The molecule has 1 aromatic rings. The molecule has 16 heavy (non-hydrogen) atoms. The van der Waals surface area contributed by atoms with Gasteiger partial charge in [0.1, 0.15) is 5.75 Å². The molecule has 1 aromatic carbocycles. The minimum atomic E-state index is 0.453. The molecule has 2 unspecified atom stereocenters. The maximum Gasteiger partial charge on any atom is 0.123 e. The summed E-state index contributed by atoms with van der Waals surface area (Å²) in [6.07, 6.45) is 0. The normalized spacial score (nSPS) is 23.9. The summed E-state index contributed by atoms with van der Waals surface area (Å²) in [5, 5.41) is 4.19. The van der Waals surface area contributed by atoms with E-state index in [1.54, 1.807) is 7.11 Å². The van der Waals surface area contributed by atoms with Gasteiger partial charge in [-0.15, -0.1) is 0 Å². The zero-order valence-corrected chi connectivity index (χ0v) is 10.9. The fourth-order valence-corrected chi connectivity index (χ4v) is 3.45. The van der Waals surface area contributed by atoms with Gasteiger partial charge in [0, 0.05) is 22.6 Å². The van der Waals surface area contributed by atoms with Gasteiger partial charge in [0.05, 0.1) is 7.11 Å². The molecule has 0 saturated carbocycles. The van der Waals surface area contributed by atoms with Crippen molar-refractivity contribution in [2.75, 3.05) is 13.7 Å². The van der Waals surface area contributed by atoms with E-state index in [1.807, 2.05) is 11.8 Å². The van der Waals surface area contributed by atoms with Crippen molar-refractivity contribution in [3.8, 4) is 5.75 Å². The molecule has 0 amide bonds. The maximum absolute atomic E-state index is 5.43. The molecule has 1 N–H and O–H groups in total. The summed E-state index contributed by atoms with van der Waals surface area (Å²) in [6.45, 7) is 5.46. The topological polar surface area (TPSA) is 21.3 Å². The number of hydrogen-bond acceptors (Lipinski definition) is 3. The van der Waals surface area contributed by atoms with E-state index in [0.29, 0.717) is 11.3 Å². The number of nitrogens with one attached hydrogen (secondary N) is 1. The van der Waals surface area contributed by atoms with Crippen LogP contribution < -0.4 is 10.1 Å². The molecule has 0 radical (unpaired) electrons. The first-order valence-corrected chi connectivity index (χ1v) is 6.83. The molecule has 1 heterocycles. The number of methoxy groups -OCH3 is 1. The third-order valence-corrected chi connectivity index (χ3v) is 4.36. The minimum Gasteiger partial charge on any atom is -0.496 e. The van der Waals surface area contributed by atoms with E-state index in [-0.39, 0.29) is 0 Å². The van der Waals surface area contributed by atoms with Gasteiger partial charge in [-0.3, -0.25) is 0 Å². The SMILES string of the molecule is CCNC1c2cccc(OC)c2CSC1C. The number of hydrogen-bond donors (Lipinski definition) is 1. The number of benzene rings is 1. The third-order valence-electron chi connectivity index (χ3n) is 3.11. The Balaban J connectivity index is 2.39. The van der Waals surface area contributed by atoms with Crippen molar-refractivity contribution < 1.29 is 4.74 Å². The van der Waals surface area contributed by atoms with Crippen LogP contribution in [0.1, 0.15) is 31.0 Å². The van der Waals surface area contributed by atoms with Crippen molar-refractivity contribution in [3.63, 3.8) is 0 Å². The average Bonchev–Trinajstić information content (AvgIpc) is 2.32. The highest BCUT2D eigenvalue weighted by Gasteiger charge is 2.27. The van der Waals surface area contributed by atoms with E-state index in [9.17, 15) is 0 Å². The van der Waals surface area contributed by atoms with Crippen LogP contribution in [0.3, 0.4) is 0 Å². The van der Waals surface area contributed by atoms with Gasteiger partial charge in [-0.2, -0.15) is 11.8 Å². The van der Waals surface area contributed by atoms with Crippen molar-refractivity contribution in [3.05, 3.63) is 29.3 Å². The van der Waals surface area contributed by atoms with Crippen LogP contribution in [-0.2, 0) is 5.75 Å². The lowest BCUT2D eigenvalue weighted by molar-refractivity contribution is 0.408. The van der Waals surface area contributed by atoms with E-state index < -0.39 is 0 Å². The lowest BCUT2D eigenvalue weighted by atomic mass is 9.97. The Morgan fingerprint density at radius 2 is 2.31 bits per heavy atom. The van der Waals surface area contributed by atoms with E-state index in [0.717, 1.165) is 18.0 Å². The summed E-state index contributed by atoms with van der Waals surface area (Å²) in [7, 11) is 1.75. The van der Waals surface area contributed by atoms with Gasteiger partial charge < -0.3 is 10.1 Å². The maximum atomic E-state index is 5.43. The Hall–Kier alpha value is -0.670. The van der Waals surface area contributed by atoms with E-state index in [4.69, 9.17) is 4.74 Å². The molecular formula is C13H19NOS. The highest BCUT2D eigenvalue weighted by molar-refractivity contribution is 7.99. The molecule has 1 aliphatic heterocycles. The minimum absolute atomic E-state index is 0.453. The fourth-order valence-electron chi connectivity index (χ4n) is 2.28. The first kappa shape index (κ1) is 11.8. The molecule has 0 aromatic heterocycles. The first-order valence-electron chi connectivity index (χ1n) is 5.78. The third kappa shape index (κ3) is 2.06. The number of fused-ring (bicyclic) bond motifs is 1. The first-order chi connectivity index (χ1) is 7.77. The summed E-state index contributed by atoms with van der Waals surface area (Å²) >= 11 is 2.00. The van der Waals surface area contributed by atoms with Gasteiger partial charge in [-0.25, -0.2) is 0 Å². The Labute approximate surface area is 102 Å². The monoisotopic (exact) mass is 237 g/mol. The van der Waals surface area contributed by atoms with E-state index in [1.165, 1.54) is 11.1 Å². The summed E-state index contributed by atoms with van der Waals surface area (Å²) in [4.78, 5) is 0. The van der Waals surface area contributed by atoms with Crippen molar-refractivity contribution in [2.24, 2.45) is 0 Å². The highest BCUT2D eigenvalue weighted by Crippen LogP contribution is 2.41. The molecule has 2 nitrogen and oxygen atoms in total. The van der Waals surface area contributed by atoms with Crippen LogP contribution in [0.25, 0.3) is 0 Å². The summed E-state index contributed by atoms with van der Waals surface area (Å²) in [5.74, 6) is 2.09. The van der Waals surface area contributed by atoms with E-state index >= 15 is 0 Å². The molecule has 0 bridgehead atoms. The highest BCUT2D eigenvalue weighted by atomic mass is 32.2. The van der Waals surface area contributed by atoms with E-state index in [2.05, 4.69) is 37.4 Å². The molecule has 0 spiro atoms. The molecule has 3 heteroatoms. The molecule has 2 rings (SSSR count). The van der Waals surface area contributed by atoms with Crippen LogP contribution in [-0.4, -0.2) is 18.9 Å². The lowest BCUT2D eigenvalue weighted by Gasteiger charge is -2.32. The Bertz CT molecular complexity index is 367. The Kier molecular flexibility index (Phi) is 3.77. The van der Waals surface area contributed by atoms with Gasteiger partial charge in [-0.1, -0.05) is 26.0 Å². The second-order valence-electron chi connectivity index (χ2n) is 4.08. The van der Waals surface area contributed by atoms with Gasteiger partial charge in [-0.05, 0) is 18.2 Å². The second-order valence-corrected chi connectivity index (χ2v) is 5.45. The van der Waals surface area contributed by atoms with Crippen LogP contribution in [0.4, 0.5) is 0 Å². The van der Waals surface area contributed by atoms with Crippen molar-refractivity contribution in [2.45, 2.75) is 30.9 Å². The second kappa shape index (κ2) is 5.11. The molecule has 2 atom stereocenters. The van der Waals surface area contributed by atoms with Crippen LogP contribution in [0, 0.1) is 0 Å². The Morgan fingerprint density at radius 3 is 3.00 bits per heavy atom. The molecule has 0 saturated heterocycles. The average molecular weight is 237 g/mol. The summed E-state index contributed by atoms with van der Waals surface area (Å²) in [5.41, 5.74) is 2.77. The standard InChI is InChI=1S/C13H19NOS/c1-4-14-13-9(2)16-8-11-10(13)6-5-7-12(11)15-3/h5-7,9,13-14H,4,8H2,1-3H3. The zero-order valence-electron chi connectivity index (χ0n) is 10.1. The van der Waals surface area contributed by atoms with Gasteiger partial charge >= 0.3 is 0 Å². The molecule has 1 aliphatic rings. The van der Waals surface area contributed by atoms with Crippen LogP contribution >= 0.6 is 11.8 Å². The quantitative estimate of drug-likeness (QED) is 0.873. The number of rotatable bonds is 3. The van der Waals surface area contributed by atoms with Gasteiger partial charge in [0.2, 0.25) is 0 Å². The smallest absolute Gasteiger partial charge is 0.123 e. The molecular weight excluding hydrogens is 218 g/mol. The summed E-state index contributed by atoms with van der Waals surface area (Å²) in [6, 6.07) is 6.82. The predicted molar refractivity (Wildman–Crippen MR) is 70.2 cm³/mol. The lowest BCUT2D eigenvalue weighted by Crippen LogP contribution is -2.31. The fraction of sp³-hybridized carbons (Fsp3) is 0.538. The summed E-state index contributed by atoms with van der Waals surface area (Å²) < 4.78 is 5.43. The number of ether oxygens (including phenoxy) is 1. The molecule has 0 fully saturated rings. The molecule has 0 aliphatic carbocycles. The van der Waals surface area contributed by atoms with Crippen LogP contribution in [0.2, 0.25) is 0 Å². The van der Waals surface area contributed by atoms with Crippen LogP contribution in [0.15, 0.2) is 18.2 Å². The van der Waals surface area contributed by atoms with Gasteiger partial charge in [0.15, 0.2) is 0 Å². The van der Waals surface area contributed by atoms with Crippen molar-refractivity contribution in [1.29, 1.82) is 0 Å². The largest absolute Gasteiger partial charge is 0.496 e. The van der Waals surface area contributed by atoms with Gasteiger partial charge in [0.25, 0.3) is 0 Å². The predicted octanol–water partition coefficient (Wildman–Crippen LogP) is 2.98.